The van der Waals surface area contributed by atoms with Crippen LogP contribution in [-0.2, 0) is 14.3 Å². The van der Waals surface area contributed by atoms with Gasteiger partial charge in [0, 0.05) is 37.9 Å². The number of aliphatic carboxylic acids is 1. The van der Waals surface area contributed by atoms with Crippen molar-refractivity contribution in [3.63, 3.8) is 0 Å². The third-order valence-electron chi connectivity index (χ3n) is 7.18. The molecule has 35 heavy (non-hydrogen) atoms. The molecule has 1 heterocycles. The molecule has 2 aromatic carbocycles. The number of amides is 2. The van der Waals surface area contributed by atoms with Crippen molar-refractivity contribution in [1.29, 1.82) is 0 Å². The van der Waals surface area contributed by atoms with E-state index >= 15 is 0 Å². The minimum Gasteiger partial charge on any atom is -0.481 e. The van der Waals surface area contributed by atoms with Crippen LogP contribution in [0.5, 0.6) is 0 Å². The van der Waals surface area contributed by atoms with Crippen LogP contribution in [0.1, 0.15) is 56.6 Å². The largest absolute Gasteiger partial charge is 0.481 e. The molecule has 1 aliphatic heterocycles. The van der Waals surface area contributed by atoms with E-state index in [-0.39, 0.29) is 49.2 Å². The van der Waals surface area contributed by atoms with Crippen LogP contribution in [0, 0.1) is 11.8 Å². The van der Waals surface area contributed by atoms with Gasteiger partial charge in [0.05, 0.1) is 0 Å². The lowest BCUT2D eigenvalue weighted by Gasteiger charge is -2.33. The van der Waals surface area contributed by atoms with Crippen LogP contribution < -0.4 is 5.32 Å². The van der Waals surface area contributed by atoms with E-state index in [1.54, 1.807) is 4.90 Å². The average Bonchev–Trinajstić information content (AvgIpc) is 3.15. The number of nitrogens with zero attached hydrogens (tertiary/aromatic N) is 1. The van der Waals surface area contributed by atoms with Crippen molar-refractivity contribution < 1.29 is 24.2 Å². The van der Waals surface area contributed by atoms with Gasteiger partial charge >= 0.3 is 12.1 Å². The summed E-state index contributed by atoms with van der Waals surface area (Å²) in [5.41, 5.74) is 4.65. The number of fused-ring (bicyclic) bond motifs is 3. The Morgan fingerprint density at radius 1 is 1.06 bits per heavy atom. The third kappa shape index (κ3) is 5.84. The molecule has 186 valence electrons. The Hall–Kier alpha value is -3.35. The van der Waals surface area contributed by atoms with E-state index in [0.717, 1.165) is 24.0 Å². The molecule has 1 fully saturated rings. The van der Waals surface area contributed by atoms with Crippen molar-refractivity contribution in [2.24, 2.45) is 11.8 Å². The zero-order valence-corrected chi connectivity index (χ0v) is 20.4. The highest BCUT2D eigenvalue weighted by Crippen LogP contribution is 2.44. The molecule has 0 aromatic heterocycles. The summed E-state index contributed by atoms with van der Waals surface area (Å²) in [5, 5.41) is 12.0. The van der Waals surface area contributed by atoms with Crippen LogP contribution in [0.2, 0.25) is 0 Å². The van der Waals surface area contributed by atoms with Crippen LogP contribution in [0.4, 0.5) is 4.79 Å². The van der Waals surface area contributed by atoms with E-state index < -0.39 is 12.1 Å². The highest BCUT2D eigenvalue weighted by atomic mass is 16.5. The van der Waals surface area contributed by atoms with Gasteiger partial charge in [-0.25, -0.2) is 4.79 Å². The van der Waals surface area contributed by atoms with Gasteiger partial charge in [-0.1, -0.05) is 62.4 Å². The maximum atomic E-state index is 13.0. The first-order valence-corrected chi connectivity index (χ1v) is 12.4. The van der Waals surface area contributed by atoms with E-state index in [1.807, 2.05) is 38.1 Å². The molecule has 7 nitrogen and oxygen atoms in total. The van der Waals surface area contributed by atoms with Gasteiger partial charge in [0.25, 0.3) is 0 Å². The zero-order valence-electron chi connectivity index (χ0n) is 20.4. The number of carboxylic acids is 1. The maximum absolute atomic E-state index is 13.0. The fraction of sp³-hybridized carbons (Fsp3) is 0.464. The summed E-state index contributed by atoms with van der Waals surface area (Å²) in [4.78, 5) is 38.5. The number of carbonyl (C=O) groups excluding carboxylic acids is 2. The van der Waals surface area contributed by atoms with Crippen LogP contribution in [0.3, 0.4) is 0 Å². The highest BCUT2D eigenvalue weighted by Gasteiger charge is 2.31. The smallest absolute Gasteiger partial charge is 0.407 e. The molecule has 1 saturated heterocycles. The van der Waals surface area contributed by atoms with E-state index in [9.17, 15) is 14.4 Å². The highest BCUT2D eigenvalue weighted by molar-refractivity contribution is 5.80. The van der Waals surface area contributed by atoms with E-state index in [0.29, 0.717) is 13.1 Å². The van der Waals surface area contributed by atoms with Gasteiger partial charge in [-0.3, -0.25) is 9.59 Å². The first kappa shape index (κ1) is 24.8. The van der Waals surface area contributed by atoms with Crippen molar-refractivity contribution in [3.05, 3.63) is 59.7 Å². The summed E-state index contributed by atoms with van der Waals surface area (Å²) in [6.45, 7) is 5.24. The van der Waals surface area contributed by atoms with Gasteiger partial charge < -0.3 is 20.1 Å². The lowest BCUT2D eigenvalue weighted by molar-refractivity contribution is -0.141. The normalized spacial score (nSPS) is 18.0. The van der Waals surface area contributed by atoms with Crippen molar-refractivity contribution in [2.75, 3.05) is 19.7 Å². The summed E-state index contributed by atoms with van der Waals surface area (Å²) in [7, 11) is 0. The number of likely N-dealkylation sites (tertiary alicyclic amines) is 1. The molecule has 2 N–H and O–H groups in total. The molecule has 2 aliphatic rings. The van der Waals surface area contributed by atoms with Gasteiger partial charge in [0.15, 0.2) is 0 Å². The van der Waals surface area contributed by atoms with Crippen LogP contribution >= 0.6 is 0 Å². The topological polar surface area (TPSA) is 95.9 Å². The Balaban J connectivity index is 1.34. The van der Waals surface area contributed by atoms with Gasteiger partial charge in [-0.2, -0.15) is 0 Å². The van der Waals surface area contributed by atoms with E-state index in [1.165, 1.54) is 11.1 Å². The molecule has 1 aliphatic carbocycles. The maximum Gasteiger partial charge on any atom is 0.407 e. The van der Waals surface area contributed by atoms with Gasteiger partial charge in [0.2, 0.25) is 5.91 Å². The minimum atomic E-state index is -0.832. The summed E-state index contributed by atoms with van der Waals surface area (Å²) >= 11 is 0. The number of hydrogen-bond donors (Lipinski definition) is 2. The number of nitrogens with one attached hydrogen (secondary N) is 1. The molecular weight excluding hydrogens is 444 g/mol. The Morgan fingerprint density at radius 2 is 1.69 bits per heavy atom. The second-order valence-electron chi connectivity index (χ2n) is 9.97. The number of piperidine rings is 1. The number of alkyl carbamates (subject to hydrolysis) is 1. The monoisotopic (exact) mass is 478 g/mol. The fourth-order valence-electron chi connectivity index (χ4n) is 5.27. The quantitative estimate of drug-likeness (QED) is 0.576. The number of carboxylic acid groups (broad SMARTS) is 1. The number of benzene rings is 2. The molecule has 0 saturated carbocycles. The Labute approximate surface area is 206 Å². The number of rotatable bonds is 8. The molecule has 0 bridgehead atoms. The molecule has 7 heteroatoms. The molecule has 2 unspecified atom stereocenters. The summed E-state index contributed by atoms with van der Waals surface area (Å²) in [5.74, 6) is -0.886. The van der Waals surface area contributed by atoms with E-state index in [2.05, 4.69) is 29.6 Å². The van der Waals surface area contributed by atoms with Crippen molar-refractivity contribution >= 4 is 18.0 Å². The lowest BCUT2D eigenvalue weighted by atomic mass is 9.93. The third-order valence-corrected chi connectivity index (χ3v) is 7.18. The molecular formula is C28H34N2O5. The predicted octanol–water partition coefficient (Wildman–Crippen LogP) is 4.65. The number of hydrogen-bond acceptors (Lipinski definition) is 4. The molecule has 2 amide bonds. The molecule has 4 rings (SSSR count). The van der Waals surface area contributed by atoms with Gasteiger partial charge in [0.1, 0.15) is 6.61 Å². The Morgan fingerprint density at radius 3 is 2.29 bits per heavy atom. The molecule has 2 atom stereocenters. The Kier molecular flexibility index (Phi) is 7.73. The van der Waals surface area contributed by atoms with Crippen molar-refractivity contribution in [3.8, 4) is 11.1 Å². The first-order chi connectivity index (χ1) is 16.8. The first-order valence-electron chi connectivity index (χ1n) is 12.4. The summed E-state index contributed by atoms with van der Waals surface area (Å²) < 4.78 is 5.67. The fourth-order valence-corrected chi connectivity index (χ4v) is 5.27. The minimum absolute atomic E-state index is 0.0159. The SMILES string of the molecule is CC(C)C(CC(=O)N1CCCC(CC(=O)O)C1)NC(=O)OCC1c2ccccc2-c2ccccc21. The summed E-state index contributed by atoms with van der Waals surface area (Å²) in [6, 6.07) is 16.0. The van der Waals surface area contributed by atoms with Gasteiger partial charge in [-0.15, -0.1) is 0 Å². The Bertz CT molecular complexity index is 1040. The van der Waals surface area contributed by atoms with Crippen LogP contribution in [0.15, 0.2) is 48.5 Å². The standard InChI is InChI=1S/C28H34N2O5/c1-18(2)25(15-26(31)30-13-7-8-19(16-30)14-27(32)33)29-28(34)35-17-24-22-11-5-3-9-20(22)21-10-4-6-12-23(21)24/h3-6,9-12,18-19,24-25H,7-8,13-17H2,1-2H3,(H,29,34)(H,32,33). The second kappa shape index (κ2) is 10.9. The zero-order chi connectivity index (χ0) is 24.9. The predicted molar refractivity (Wildman–Crippen MR) is 133 cm³/mol. The van der Waals surface area contributed by atoms with Crippen molar-refractivity contribution in [2.45, 2.75) is 51.5 Å². The van der Waals surface area contributed by atoms with Gasteiger partial charge in [-0.05, 0) is 46.9 Å². The molecule has 0 spiro atoms. The van der Waals surface area contributed by atoms with E-state index in [4.69, 9.17) is 9.84 Å². The lowest BCUT2D eigenvalue weighted by Crippen LogP contribution is -2.46. The van der Waals surface area contributed by atoms with Crippen LogP contribution in [0.25, 0.3) is 11.1 Å². The number of carbonyl (C=O) groups is 3. The van der Waals surface area contributed by atoms with Crippen LogP contribution in [-0.4, -0.2) is 53.7 Å². The molecule has 2 aromatic rings. The second-order valence-corrected chi connectivity index (χ2v) is 9.97. The molecule has 0 radical (unpaired) electrons. The summed E-state index contributed by atoms with van der Waals surface area (Å²) in [6.07, 6.45) is 1.34. The van der Waals surface area contributed by atoms with Crippen molar-refractivity contribution in [1.82, 2.24) is 10.2 Å². The average molecular weight is 479 g/mol. The number of ether oxygens (including phenoxy) is 1.